The third kappa shape index (κ3) is 3.09. The van der Waals surface area contributed by atoms with Crippen molar-refractivity contribution in [3.63, 3.8) is 0 Å². The number of carboxylic acid groups (broad SMARTS) is 1. The standard InChI is InChI=1S/C14H10F3NO2/c15-9-2-4-10(5-3-9)18-13(14(19)20)8-1-6-11(16)12(17)7-8/h1-7,13,18H,(H,19,20). The van der Waals surface area contributed by atoms with E-state index in [1.165, 1.54) is 18.2 Å². The van der Waals surface area contributed by atoms with Crippen molar-refractivity contribution in [1.29, 1.82) is 0 Å². The summed E-state index contributed by atoms with van der Waals surface area (Å²) in [7, 11) is 0. The highest BCUT2D eigenvalue weighted by molar-refractivity contribution is 5.79. The lowest BCUT2D eigenvalue weighted by Crippen LogP contribution is -2.20. The first kappa shape index (κ1) is 13.9. The molecule has 1 unspecified atom stereocenters. The molecule has 2 aromatic carbocycles. The van der Waals surface area contributed by atoms with Crippen molar-refractivity contribution in [3.05, 3.63) is 65.5 Å². The third-order valence-electron chi connectivity index (χ3n) is 2.68. The zero-order chi connectivity index (χ0) is 14.7. The molecule has 0 heterocycles. The fourth-order valence-electron chi connectivity index (χ4n) is 1.69. The Morgan fingerprint density at radius 3 is 2.20 bits per heavy atom. The molecule has 0 bridgehead atoms. The highest BCUT2D eigenvalue weighted by Crippen LogP contribution is 2.22. The predicted molar refractivity (Wildman–Crippen MR) is 66.8 cm³/mol. The van der Waals surface area contributed by atoms with E-state index in [1.807, 2.05) is 0 Å². The molecular weight excluding hydrogens is 271 g/mol. The fourth-order valence-corrected chi connectivity index (χ4v) is 1.69. The summed E-state index contributed by atoms with van der Waals surface area (Å²) in [5, 5.41) is 11.8. The van der Waals surface area contributed by atoms with E-state index in [9.17, 15) is 18.0 Å². The minimum Gasteiger partial charge on any atom is -0.479 e. The zero-order valence-electron chi connectivity index (χ0n) is 10.1. The second kappa shape index (κ2) is 5.64. The molecule has 0 spiro atoms. The maximum atomic E-state index is 13.1. The van der Waals surface area contributed by atoms with Gasteiger partial charge in [-0.1, -0.05) is 6.07 Å². The normalized spacial score (nSPS) is 11.9. The van der Waals surface area contributed by atoms with Crippen molar-refractivity contribution >= 4 is 11.7 Å². The van der Waals surface area contributed by atoms with Crippen LogP contribution >= 0.6 is 0 Å². The Bertz CT molecular complexity index is 629. The van der Waals surface area contributed by atoms with Gasteiger partial charge in [0.05, 0.1) is 0 Å². The summed E-state index contributed by atoms with van der Waals surface area (Å²) in [6, 6.07) is 6.59. The van der Waals surface area contributed by atoms with Crippen molar-refractivity contribution in [2.75, 3.05) is 5.32 Å². The number of hydrogen-bond donors (Lipinski definition) is 2. The van der Waals surface area contributed by atoms with Gasteiger partial charge in [0.15, 0.2) is 17.7 Å². The van der Waals surface area contributed by atoms with Gasteiger partial charge in [0.2, 0.25) is 0 Å². The molecule has 3 nitrogen and oxygen atoms in total. The Kier molecular flexibility index (Phi) is 3.93. The second-order valence-electron chi connectivity index (χ2n) is 4.10. The molecule has 0 saturated heterocycles. The van der Waals surface area contributed by atoms with Crippen molar-refractivity contribution in [3.8, 4) is 0 Å². The number of aliphatic carboxylic acids is 1. The summed E-state index contributed by atoms with van der Waals surface area (Å²) in [5.74, 6) is -3.91. The minimum atomic E-state index is -1.27. The number of carbonyl (C=O) groups is 1. The van der Waals surface area contributed by atoms with E-state index in [-0.39, 0.29) is 5.56 Å². The molecule has 0 amide bonds. The molecule has 20 heavy (non-hydrogen) atoms. The Morgan fingerprint density at radius 1 is 1.00 bits per heavy atom. The first-order valence-corrected chi connectivity index (χ1v) is 5.67. The first-order chi connectivity index (χ1) is 9.47. The summed E-state index contributed by atoms with van der Waals surface area (Å²) in [6.45, 7) is 0. The van der Waals surface area contributed by atoms with Crippen LogP contribution < -0.4 is 5.32 Å². The highest BCUT2D eigenvalue weighted by atomic mass is 19.2. The van der Waals surface area contributed by atoms with Gasteiger partial charge in [-0.15, -0.1) is 0 Å². The number of rotatable bonds is 4. The van der Waals surface area contributed by atoms with E-state index < -0.39 is 29.5 Å². The zero-order valence-corrected chi connectivity index (χ0v) is 10.1. The Balaban J connectivity index is 2.29. The van der Waals surface area contributed by atoms with Gasteiger partial charge in [-0.3, -0.25) is 0 Å². The van der Waals surface area contributed by atoms with Crippen LogP contribution in [0.15, 0.2) is 42.5 Å². The first-order valence-electron chi connectivity index (χ1n) is 5.67. The lowest BCUT2D eigenvalue weighted by atomic mass is 10.1. The SMILES string of the molecule is O=C(O)C(Nc1ccc(F)cc1)c1ccc(F)c(F)c1. The van der Waals surface area contributed by atoms with Gasteiger partial charge in [-0.2, -0.15) is 0 Å². The molecule has 1 atom stereocenters. The molecule has 6 heteroatoms. The summed E-state index contributed by atoms with van der Waals surface area (Å²) in [4.78, 5) is 11.2. The van der Waals surface area contributed by atoms with Crippen molar-refractivity contribution in [1.82, 2.24) is 0 Å². The van der Waals surface area contributed by atoms with E-state index in [1.54, 1.807) is 0 Å². The monoisotopic (exact) mass is 281 g/mol. The van der Waals surface area contributed by atoms with Crippen LogP contribution in [0.5, 0.6) is 0 Å². The van der Waals surface area contributed by atoms with Gasteiger partial charge < -0.3 is 10.4 Å². The minimum absolute atomic E-state index is 0.0562. The molecule has 0 aromatic heterocycles. The van der Waals surface area contributed by atoms with Crippen LogP contribution in [0.4, 0.5) is 18.9 Å². The van der Waals surface area contributed by atoms with E-state index in [0.29, 0.717) is 5.69 Å². The smallest absolute Gasteiger partial charge is 0.330 e. The molecule has 0 aliphatic rings. The maximum Gasteiger partial charge on any atom is 0.330 e. The van der Waals surface area contributed by atoms with E-state index in [0.717, 1.165) is 24.3 Å². The summed E-state index contributed by atoms with van der Waals surface area (Å²) >= 11 is 0. The van der Waals surface area contributed by atoms with Crippen molar-refractivity contribution < 1.29 is 23.1 Å². The van der Waals surface area contributed by atoms with E-state index in [4.69, 9.17) is 5.11 Å². The lowest BCUT2D eigenvalue weighted by molar-refractivity contribution is -0.138. The van der Waals surface area contributed by atoms with Gasteiger partial charge in [0, 0.05) is 5.69 Å². The van der Waals surface area contributed by atoms with Crippen molar-refractivity contribution in [2.24, 2.45) is 0 Å². The Hall–Kier alpha value is -2.50. The molecule has 0 aliphatic heterocycles. The number of benzene rings is 2. The van der Waals surface area contributed by atoms with Crippen molar-refractivity contribution in [2.45, 2.75) is 6.04 Å². The van der Waals surface area contributed by atoms with Gasteiger partial charge in [0.1, 0.15) is 5.82 Å². The third-order valence-corrected chi connectivity index (χ3v) is 2.68. The lowest BCUT2D eigenvalue weighted by Gasteiger charge is -2.16. The molecular formula is C14H10F3NO2. The number of anilines is 1. The molecule has 2 rings (SSSR count). The van der Waals surface area contributed by atoms with Gasteiger partial charge in [-0.05, 0) is 42.0 Å². The molecule has 2 aromatic rings. The second-order valence-corrected chi connectivity index (χ2v) is 4.10. The summed E-state index contributed by atoms with van der Waals surface area (Å²) in [6.07, 6.45) is 0. The van der Waals surface area contributed by atoms with Gasteiger partial charge in [0.25, 0.3) is 0 Å². The summed E-state index contributed by atoms with van der Waals surface area (Å²) in [5.41, 5.74) is 0.407. The maximum absolute atomic E-state index is 13.1. The van der Waals surface area contributed by atoms with Crippen LogP contribution in [0, 0.1) is 17.5 Å². The van der Waals surface area contributed by atoms with Crippen LogP contribution in [-0.4, -0.2) is 11.1 Å². The molecule has 0 radical (unpaired) electrons. The number of halogens is 3. The van der Waals surface area contributed by atoms with Crippen LogP contribution in [0.2, 0.25) is 0 Å². The molecule has 2 N–H and O–H groups in total. The van der Waals surface area contributed by atoms with Gasteiger partial charge >= 0.3 is 5.97 Å². The van der Waals surface area contributed by atoms with Crippen LogP contribution in [0.25, 0.3) is 0 Å². The van der Waals surface area contributed by atoms with Gasteiger partial charge in [-0.25, -0.2) is 18.0 Å². The molecule has 0 aliphatic carbocycles. The van der Waals surface area contributed by atoms with Crippen LogP contribution in [-0.2, 0) is 4.79 Å². The Labute approximate surface area is 112 Å². The average Bonchev–Trinajstić information content (AvgIpc) is 2.41. The largest absolute Gasteiger partial charge is 0.479 e. The average molecular weight is 281 g/mol. The van der Waals surface area contributed by atoms with E-state index >= 15 is 0 Å². The Morgan fingerprint density at radius 2 is 1.65 bits per heavy atom. The molecule has 0 saturated carbocycles. The van der Waals surface area contributed by atoms with Crippen LogP contribution in [0.3, 0.4) is 0 Å². The number of hydrogen-bond acceptors (Lipinski definition) is 2. The number of nitrogens with one attached hydrogen (secondary N) is 1. The summed E-state index contributed by atoms with van der Waals surface area (Å²) < 4.78 is 38.8. The quantitative estimate of drug-likeness (QED) is 0.903. The topological polar surface area (TPSA) is 49.3 Å². The fraction of sp³-hybridized carbons (Fsp3) is 0.0714. The van der Waals surface area contributed by atoms with E-state index in [2.05, 4.69) is 5.32 Å². The van der Waals surface area contributed by atoms with Crippen LogP contribution in [0.1, 0.15) is 11.6 Å². The highest BCUT2D eigenvalue weighted by Gasteiger charge is 2.21. The predicted octanol–water partition coefficient (Wildman–Crippen LogP) is 3.34. The number of carboxylic acids is 1. The molecule has 104 valence electrons. The molecule has 0 fully saturated rings.